The van der Waals surface area contributed by atoms with E-state index in [0.717, 1.165) is 31.6 Å². The maximum Gasteiger partial charge on any atom is 0.122 e. The van der Waals surface area contributed by atoms with Gasteiger partial charge in [0.1, 0.15) is 11.8 Å². The number of allylic oxidation sites excluding steroid dienone is 1. The molecule has 2 N–H and O–H groups in total. The average Bonchev–Trinajstić information content (AvgIpc) is 2.77. The Bertz CT molecular complexity index is 862. The van der Waals surface area contributed by atoms with E-state index in [4.69, 9.17) is 4.74 Å². The summed E-state index contributed by atoms with van der Waals surface area (Å²) in [5, 5.41) is 7.61. The Kier molecular flexibility index (Phi) is 10.5. The van der Waals surface area contributed by atoms with E-state index in [0.29, 0.717) is 23.8 Å². The van der Waals surface area contributed by atoms with Gasteiger partial charge in [0.25, 0.3) is 0 Å². The van der Waals surface area contributed by atoms with Gasteiger partial charge in [0.05, 0.1) is 12.6 Å². The summed E-state index contributed by atoms with van der Waals surface area (Å²) >= 11 is 0. The number of likely N-dealkylation sites (N-methyl/N-ethyl adjacent to an activating group) is 2. The highest BCUT2D eigenvalue weighted by molar-refractivity contribution is 7.37. The molecule has 3 rings (SSSR count). The quantitative estimate of drug-likeness (QED) is 0.313. The summed E-state index contributed by atoms with van der Waals surface area (Å²) < 4.78 is 6.23. The highest BCUT2D eigenvalue weighted by atomic mass is 31.1. The van der Waals surface area contributed by atoms with Crippen molar-refractivity contribution in [1.82, 2.24) is 15.5 Å². The minimum absolute atomic E-state index is 0.132. The zero-order valence-electron chi connectivity index (χ0n) is 21.7. The first kappa shape index (κ1) is 27.3. The fourth-order valence-corrected chi connectivity index (χ4v) is 6.05. The Hall–Kier alpha value is -1.34. The highest BCUT2D eigenvalue weighted by Crippen LogP contribution is 2.36. The first-order valence-electron chi connectivity index (χ1n) is 12.8. The van der Waals surface area contributed by atoms with Gasteiger partial charge >= 0.3 is 0 Å². The van der Waals surface area contributed by atoms with Gasteiger partial charge in [0.2, 0.25) is 0 Å². The molecule has 0 spiro atoms. The zero-order valence-corrected chi connectivity index (χ0v) is 24.0. The molecule has 5 unspecified atom stereocenters. The third-order valence-corrected chi connectivity index (χ3v) is 8.17. The first-order valence-corrected chi connectivity index (χ1v) is 14.1. The lowest BCUT2D eigenvalue weighted by Gasteiger charge is -2.39. The number of nitrogens with one attached hydrogen (secondary N) is 2. The van der Waals surface area contributed by atoms with Gasteiger partial charge < -0.3 is 20.3 Å². The van der Waals surface area contributed by atoms with Crippen LogP contribution in [0, 0.1) is 11.8 Å². The van der Waals surface area contributed by atoms with Gasteiger partial charge in [-0.25, -0.2) is 0 Å². The van der Waals surface area contributed by atoms with E-state index in [1.807, 2.05) is 7.05 Å². The fraction of sp³-hybridized carbons (Fsp3) is 0.571. The van der Waals surface area contributed by atoms with Crippen molar-refractivity contribution in [3.05, 3.63) is 70.8 Å². The highest BCUT2D eigenvalue weighted by Gasteiger charge is 2.33. The Morgan fingerprint density at radius 2 is 1.85 bits per heavy atom. The van der Waals surface area contributed by atoms with Crippen LogP contribution < -0.4 is 10.6 Å². The van der Waals surface area contributed by atoms with E-state index in [1.165, 1.54) is 28.7 Å². The number of hydrogen-bond donors (Lipinski definition) is 2. The summed E-state index contributed by atoms with van der Waals surface area (Å²) in [6.07, 6.45) is 11.3. The van der Waals surface area contributed by atoms with Gasteiger partial charge in [-0.05, 0) is 91.4 Å². The largest absolute Gasteiger partial charge is 0.496 e. The number of benzene rings is 1. The van der Waals surface area contributed by atoms with Crippen LogP contribution in [0.3, 0.4) is 0 Å². The average molecular weight is 502 g/mol. The lowest BCUT2D eigenvalue weighted by Crippen LogP contribution is -2.45. The Labute approximate surface area is 212 Å². The van der Waals surface area contributed by atoms with Crippen LogP contribution in [0.5, 0.6) is 0 Å². The van der Waals surface area contributed by atoms with E-state index in [2.05, 4.69) is 105 Å². The monoisotopic (exact) mass is 501 g/mol. The van der Waals surface area contributed by atoms with Gasteiger partial charge in [-0.3, -0.25) is 0 Å². The summed E-state index contributed by atoms with van der Waals surface area (Å²) in [4.78, 5) is 2.28. The van der Waals surface area contributed by atoms with E-state index < -0.39 is 0 Å². The van der Waals surface area contributed by atoms with E-state index in [9.17, 15) is 0 Å². The van der Waals surface area contributed by atoms with Crippen LogP contribution in [0.25, 0.3) is 0 Å². The summed E-state index contributed by atoms with van der Waals surface area (Å²) in [5.74, 6) is 2.47. The molecule has 34 heavy (non-hydrogen) atoms. The zero-order chi connectivity index (χ0) is 24.7. The molecule has 0 saturated heterocycles. The molecule has 1 saturated carbocycles. The summed E-state index contributed by atoms with van der Waals surface area (Å²) in [5.41, 5.74) is 5.50. The van der Waals surface area contributed by atoms with Crippen LogP contribution in [0.2, 0.25) is 0 Å². The molecule has 0 bridgehead atoms. The third-order valence-electron chi connectivity index (χ3n) is 7.18. The summed E-state index contributed by atoms with van der Waals surface area (Å²) in [7, 11) is 10.1. The van der Waals surface area contributed by atoms with Crippen LogP contribution >= 0.6 is 18.5 Å². The van der Waals surface area contributed by atoms with Gasteiger partial charge in [-0.15, -0.1) is 18.5 Å². The van der Waals surface area contributed by atoms with Crippen LogP contribution in [-0.2, 0) is 17.7 Å². The standard InChI is InChI=1S/C28H45N3OP2/c1-6-32-27(22-8-7-9-22)26-24(25(29-4)14-15-31(26)5)18-30-17-21-12-10-20(11-13-21)16-23(19(2)3)28(33)34/h10-15,18-19,23,25-26,28-30H,6-9,16-17,33-34H2,1-5H3/b24-18+. The van der Waals surface area contributed by atoms with E-state index in [-0.39, 0.29) is 12.1 Å². The lowest BCUT2D eigenvalue weighted by molar-refractivity contribution is 0.167. The molecule has 1 aromatic rings. The number of rotatable bonds is 11. The van der Waals surface area contributed by atoms with Gasteiger partial charge in [-0.2, -0.15) is 0 Å². The fourth-order valence-electron chi connectivity index (χ4n) is 4.89. The SMILES string of the molecule is CCOC(=C1CCC1)C1/C(=C/NCc2ccc(CC(C(C)C)C(P)P)cc2)C(NC)C=CN1C. The molecular formula is C28H45N3OP2. The van der Waals surface area contributed by atoms with Crippen molar-refractivity contribution in [2.24, 2.45) is 11.8 Å². The molecule has 1 aliphatic heterocycles. The maximum atomic E-state index is 6.23. The summed E-state index contributed by atoms with van der Waals surface area (Å²) in [6.45, 7) is 8.24. The minimum Gasteiger partial charge on any atom is -0.496 e. The third kappa shape index (κ3) is 6.87. The smallest absolute Gasteiger partial charge is 0.122 e. The van der Waals surface area contributed by atoms with Gasteiger partial charge in [-0.1, -0.05) is 38.1 Å². The predicted molar refractivity (Wildman–Crippen MR) is 153 cm³/mol. The van der Waals surface area contributed by atoms with Crippen molar-refractivity contribution < 1.29 is 4.74 Å². The van der Waals surface area contributed by atoms with Crippen molar-refractivity contribution in [2.75, 3.05) is 20.7 Å². The van der Waals surface area contributed by atoms with Crippen molar-refractivity contribution >= 4 is 18.5 Å². The second-order valence-electron chi connectivity index (χ2n) is 9.96. The van der Waals surface area contributed by atoms with Gasteiger partial charge in [0, 0.05) is 19.8 Å². The second kappa shape index (κ2) is 13.1. The molecule has 5 atom stereocenters. The molecular weight excluding hydrogens is 456 g/mol. The molecule has 1 aromatic carbocycles. The molecule has 2 aliphatic rings. The Morgan fingerprint density at radius 3 is 2.38 bits per heavy atom. The van der Waals surface area contributed by atoms with Crippen LogP contribution in [-0.4, -0.2) is 43.1 Å². The number of hydrogen-bond acceptors (Lipinski definition) is 4. The molecule has 0 aromatic heterocycles. The molecule has 4 nitrogen and oxygen atoms in total. The van der Waals surface area contributed by atoms with Crippen molar-refractivity contribution in [2.45, 2.75) is 70.5 Å². The van der Waals surface area contributed by atoms with E-state index >= 15 is 0 Å². The predicted octanol–water partition coefficient (Wildman–Crippen LogP) is 5.44. The molecule has 6 heteroatoms. The maximum absolute atomic E-state index is 6.23. The Morgan fingerprint density at radius 1 is 1.18 bits per heavy atom. The van der Waals surface area contributed by atoms with Crippen molar-refractivity contribution in [1.29, 1.82) is 0 Å². The lowest BCUT2D eigenvalue weighted by atomic mass is 9.85. The Balaban J connectivity index is 1.72. The molecule has 0 radical (unpaired) electrons. The van der Waals surface area contributed by atoms with Crippen LogP contribution in [0.15, 0.2) is 59.6 Å². The number of nitrogens with zero attached hydrogens (tertiary/aromatic N) is 1. The first-order chi connectivity index (χ1) is 16.3. The normalized spacial score (nSPS) is 22.3. The molecule has 188 valence electrons. The molecule has 1 heterocycles. The molecule has 1 fully saturated rings. The topological polar surface area (TPSA) is 36.5 Å². The molecule has 0 amide bonds. The van der Waals surface area contributed by atoms with Crippen LogP contribution in [0.1, 0.15) is 51.2 Å². The molecule has 1 aliphatic carbocycles. The van der Waals surface area contributed by atoms with Crippen molar-refractivity contribution in [3.63, 3.8) is 0 Å². The second-order valence-corrected chi connectivity index (χ2v) is 12.3. The van der Waals surface area contributed by atoms with Gasteiger partial charge in [0.15, 0.2) is 0 Å². The number of ether oxygens (including phenoxy) is 1. The van der Waals surface area contributed by atoms with Crippen molar-refractivity contribution in [3.8, 4) is 0 Å². The minimum atomic E-state index is 0.132. The summed E-state index contributed by atoms with van der Waals surface area (Å²) in [6, 6.07) is 9.43. The van der Waals surface area contributed by atoms with Crippen LogP contribution in [0.4, 0.5) is 0 Å². The van der Waals surface area contributed by atoms with E-state index in [1.54, 1.807) is 0 Å².